The van der Waals surface area contributed by atoms with Gasteiger partial charge < -0.3 is 19.5 Å². The molecule has 5 rings (SSSR count). The first-order valence-corrected chi connectivity index (χ1v) is 10.7. The predicted molar refractivity (Wildman–Crippen MR) is 104 cm³/mol. The molecule has 1 atom stereocenters. The van der Waals surface area contributed by atoms with Gasteiger partial charge >= 0.3 is 0 Å². The zero-order chi connectivity index (χ0) is 18.1. The summed E-state index contributed by atoms with van der Waals surface area (Å²) in [4.78, 5) is 2.67. The molecule has 0 amide bonds. The maximum Gasteiger partial charge on any atom is 0.123 e. The van der Waals surface area contributed by atoms with Gasteiger partial charge in [-0.1, -0.05) is 18.2 Å². The third kappa shape index (κ3) is 3.75. The minimum Gasteiger partial charge on any atom is -0.490 e. The molecule has 4 heterocycles. The minimum absolute atomic E-state index is 0.158. The standard InChI is InChI=1S/C22H32N2O3/c1-2-4-21(27-19-7-11-25-12-8-19)20(3-1)17-5-9-24(10-6-17)18-13-22(26-14-18)15-23-16-22/h1-4,17-19,23H,5-16H2/t18-/m0/s1. The Hall–Kier alpha value is -1.14. The third-order valence-electron chi connectivity index (χ3n) is 6.95. The van der Waals surface area contributed by atoms with Crippen LogP contribution in [0, 0.1) is 0 Å². The average Bonchev–Trinajstić information content (AvgIpc) is 3.16. The number of rotatable bonds is 4. The van der Waals surface area contributed by atoms with Crippen molar-refractivity contribution in [2.24, 2.45) is 0 Å². The van der Waals surface area contributed by atoms with Crippen LogP contribution >= 0.6 is 0 Å². The van der Waals surface area contributed by atoms with Gasteiger partial charge in [0, 0.05) is 32.0 Å². The normalized spacial score (nSPS) is 29.7. The quantitative estimate of drug-likeness (QED) is 0.880. The third-order valence-corrected chi connectivity index (χ3v) is 6.95. The van der Waals surface area contributed by atoms with Gasteiger partial charge in [-0.15, -0.1) is 0 Å². The van der Waals surface area contributed by atoms with Gasteiger partial charge in [-0.05, 0) is 49.9 Å². The van der Waals surface area contributed by atoms with Gasteiger partial charge in [0.2, 0.25) is 0 Å². The number of benzene rings is 1. The van der Waals surface area contributed by atoms with E-state index in [0.717, 1.165) is 51.5 Å². The van der Waals surface area contributed by atoms with Gasteiger partial charge in [0.1, 0.15) is 11.9 Å². The largest absolute Gasteiger partial charge is 0.490 e. The Kier molecular flexibility index (Phi) is 5.11. The Labute approximate surface area is 162 Å². The first-order chi connectivity index (χ1) is 13.3. The topological polar surface area (TPSA) is 43.0 Å². The fourth-order valence-electron chi connectivity index (χ4n) is 5.18. The van der Waals surface area contributed by atoms with E-state index in [1.54, 1.807) is 0 Å². The SMILES string of the molecule is c1ccc(C2CCN([C@@H]3COC4(CNC4)C3)CC2)c(OC2CCOCC2)c1. The lowest BCUT2D eigenvalue weighted by atomic mass is 9.86. The van der Waals surface area contributed by atoms with Crippen LogP contribution in [0.4, 0.5) is 0 Å². The molecular formula is C22H32N2O3. The summed E-state index contributed by atoms with van der Waals surface area (Å²) in [7, 11) is 0. The summed E-state index contributed by atoms with van der Waals surface area (Å²) in [6.45, 7) is 6.99. The van der Waals surface area contributed by atoms with Crippen molar-refractivity contribution in [2.75, 3.05) is 46.0 Å². The van der Waals surface area contributed by atoms with Gasteiger partial charge in [0.05, 0.1) is 25.4 Å². The van der Waals surface area contributed by atoms with Crippen molar-refractivity contribution >= 4 is 0 Å². The lowest BCUT2D eigenvalue weighted by Crippen LogP contribution is -2.59. The lowest BCUT2D eigenvalue weighted by Gasteiger charge is -2.40. The Morgan fingerprint density at radius 3 is 2.52 bits per heavy atom. The molecule has 1 spiro atoms. The second kappa shape index (κ2) is 7.70. The Balaban J connectivity index is 1.19. The summed E-state index contributed by atoms with van der Waals surface area (Å²) in [6.07, 6.45) is 5.96. The first kappa shape index (κ1) is 17.9. The van der Waals surface area contributed by atoms with E-state index >= 15 is 0 Å². The highest BCUT2D eigenvalue weighted by atomic mass is 16.5. The Morgan fingerprint density at radius 2 is 1.81 bits per heavy atom. The van der Waals surface area contributed by atoms with E-state index in [1.165, 1.54) is 37.9 Å². The second-order valence-electron chi connectivity index (χ2n) is 8.73. The molecule has 5 nitrogen and oxygen atoms in total. The van der Waals surface area contributed by atoms with Gasteiger partial charge in [-0.2, -0.15) is 0 Å². The fourth-order valence-corrected chi connectivity index (χ4v) is 5.18. The molecule has 1 aromatic carbocycles. The van der Waals surface area contributed by atoms with Crippen LogP contribution < -0.4 is 10.1 Å². The molecular weight excluding hydrogens is 340 g/mol. The Morgan fingerprint density at radius 1 is 1.04 bits per heavy atom. The van der Waals surface area contributed by atoms with Crippen molar-refractivity contribution in [1.29, 1.82) is 0 Å². The number of ether oxygens (including phenoxy) is 3. The molecule has 0 radical (unpaired) electrons. The average molecular weight is 373 g/mol. The summed E-state index contributed by atoms with van der Waals surface area (Å²) in [6, 6.07) is 9.33. The molecule has 1 N–H and O–H groups in total. The predicted octanol–water partition coefficient (Wildman–Crippen LogP) is 2.55. The van der Waals surface area contributed by atoms with Crippen molar-refractivity contribution in [2.45, 2.75) is 55.8 Å². The summed E-state index contributed by atoms with van der Waals surface area (Å²) in [5, 5.41) is 3.37. The zero-order valence-corrected chi connectivity index (χ0v) is 16.2. The highest BCUT2D eigenvalue weighted by Crippen LogP contribution is 2.38. The van der Waals surface area contributed by atoms with Crippen LogP contribution in [-0.2, 0) is 9.47 Å². The van der Waals surface area contributed by atoms with Crippen molar-refractivity contribution in [3.8, 4) is 5.75 Å². The van der Waals surface area contributed by atoms with Gasteiger partial charge in [0.25, 0.3) is 0 Å². The Bertz CT molecular complexity index is 634. The van der Waals surface area contributed by atoms with Crippen LogP contribution in [0.2, 0.25) is 0 Å². The molecule has 0 aliphatic carbocycles. The van der Waals surface area contributed by atoms with Crippen LogP contribution in [0.15, 0.2) is 24.3 Å². The first-order valence-electron chi connectivity index (χ1n) is 10.7. The number of piperidine rings is 1. The highest BCUT2D eigenvalue weighted by molar-refractivity contribution is 5.37. The maximum absolute atomic E-state index is 6.40. The molecule has 4 aliphatic heterocycles. The summed E-state index contributed by atoms with van der Waals surface area (Å²) in [5.74, 6) is 1.71. The van der Waals surface area contributed by atoms with Crippen LogP contribution in [-0.4, -0.2) is 68.6 Å². The van der Waals surface area contributed by atoms with E-state index in [2.05, 4.69) is 34.5 Å². The molecule has 5 heteroatoms. The van der Waals surface area contributed by atoms with E-state index < -0.39 is 0 Å². The van der Waals surface area contributed by atoms with Crippen molar-refractivity contribution in [1.82, 2.24) is 10.2 Å². The van der Waals surface area contributed by atoms with Crippen molar-refractivity contribution in [3.63, 3.8) is 0 Å². The molecule has 0 unspecified atom stereocenters. The zero-order valence-electron chi connectivity index (χ0n) is 16.2. The van der Waals surface area contributed by atoms with Crippen LogP contribution in [0.5, 0.6) is 5.75 Å². The molecule has 4 saturated heterocycles. The van der Waals surface area contributed by atoms with Gasteiger partial charge in [-0.3, -0.25) is 4.90 Å². The van der Waals surface area contributed by atoms with Gasteiger partial charge in [0.15, 0.2) is 0 Å². The van der Waals surface area contributed by atoms with E-state index in [9.17, 15) is 0 Å². The summed E-state index contributed by atoms with van der Waals surface area (Å²) in [5.41, 5.74) is 1.57. The highest BCUT2D eigenvalue weighted by Gasteiger charge is 2.47. The number of hydrogen-bond acceptors (Lipinski definition) is 5. The molecule has 0 bridgehead atoms. The second-order valence-corrected chi connectivity index (χ2v) is 8.73. The van der Waals surface area contributed by atoms with Crippen molar-refractivity contribution < 1.29 is 14.2 Å². The molecule has 4 fully saturated rings. The van der Waals surface area contributed by atoms with E-state index in [0.29, 0.717) is 18.1 Å². The number of para-hydroxylation sites is 1. The van der Waals surface area contributed by atoms with Crippen LogP contribution in [0.25, 0.3) is 0 Å². The van der Waals surface area contributed by atoms with Crippen LogP contribution in [0.1, 0.15) is 43.6 Å². The summed E-state index contributed by atoms with van der Waals surface area (Å²) < 4.78 is 18.0. The number of likely N-dealkylation sites (tertiary alicyclic amines) is 1. The smallest absolute Gasteiger partial charge is 0.123 e. The minimum atomic E-state index is 0.158. The molecule has 0 saturated carbocycles. The molecule has 148 valence electrons. The van der Waals surface area contributed by atoms with E-state index in [1.807, 2.05) is 0 Å². The van der Waals surface area contributed by atoms with Crippen molar-refractivity contribution in [3.05, 3.63) is 29.8 Å². The van der Waals surface area contributed by atoms with Crippen LogP contribution in [0.3, 0.4) is 0 Å². The number of nitrogens with one attached hydrogen (secondary N) is 1. The molecule has 0 aromatic heterocycles. The monoisotopic (exact) mass is 372 g/mol. The molecule has 1 aromatic rings. The van der Waals surface area contributed by atoms with E-state index in [-0.39, 0.29) is 5.60 Å². The molecule has 4 aliphatic rings. The van der Waals surface area contributed by atoms with Gasteiger partial charge in [-0.25, -0.2) is 0 Å². The molecule has 27 heavy (non-hydrogen) atoms. The fraction of sp³-hybridized carbons (Fsp3) is 0.727. The lowest BCUT2D eigenvalue weighted by molar-refractivity contribution is -0.0367. The maximum atomic E-state index is 6.40. The number of hydrogen-bond donors (Lipinski definition) is 1. The van der Waals surface area contributed by atoms with E-state index in [4.69, 9.17) is 14.2 Å². The number of nitrogens with zero attached hydrogens (tertiary/aromatic N) is 1. The summed E-state index contributed by atoms with van der Waals surface area (Å²) >= 11 is 0.